The number of likely N-dealkylation sites (N-methyl/N-ethyl adjacent to an activating group) is 1. The van der Waals surface area contributed by atoms with Gasteiger partial charge in [0.1, 0.15) is 11.2 Å². The first-order valence-electron chi connectivity index (χ1n) is 24.9. The van der Waals surface area contributed by atoms with Gasteiger partial charge >= 0.3 is 41.8 Å². The van der Waals surface area contributed by atoms with Crippen LogP contribution >= 0.6 is 0 Å². The van der Waals surface area contributed by atoms with E-state index in [0.29, 0.717) is 50.2 Å². The van der Waals surface area contributed by atoms with Crippen molar-refractivity contribution in [3.05, 3.63) is 82.6 Å². The van der Waals surface area contributed by atoms with Crippen LogP contribution in [0.25, 0.3) is 10.9 Å². The zero-order valence-electron chi connectivity index (χ0n) is 43.5. The molecule has 10 N–H and O–H groups in total. The van der Waals surface area contributed by atoms with E-state index in [9.17, 15) is 33.9 Å². The molecule has 1 spiro atoms. The number of anilines is 1. The van der Waals surface area contributed by atoms with E-state index >= 15 is 4.79 Å². The molecule has 6 heterocycles. The molecule has 1 unspecified atom stereocenters. The van der Waals surface area contributed by atoms with E-state index in [1.165, 1.54) is 26.7 Å². The van der Waals surface area contributed by atoms with Crippen LogP contribution in [0.4, 0.5) is 5.69 Å². The van der Waals surface area contributed by atoms with Gasteiger partial charge in [-0.3, -0.25) is 19.4 Å². The highest BCUT2D eigenvalue weighted by atomic mass is 16.6. The fourth-order valence-corrected chi connectivity index (χ4v) is 13.4. The number of benzene rings is 2. The number of fused-ring (bicyclic) bond motifs is 6. The van der Waals surface area contributed by atoms with E-state index in [4.69, 9.17) is 59.8 Å². The van der Waals surface area contributed by atoms with Gasteiger partial charge in [-0.25, -0.2) is 24.0 Å². The van der Waals surface area contributed by atoms with Crippen molar-refractivity contribution < 1.29 is 98.5 Å². The Morgan fingerprint density at radius 3 is 1.94 bits per heavy atom. The summed E-state index contributed by atoms with van der Waals surface area (Å²) in [7, 11) is 6.22. The standard InChI is InChI=1S/C45H54N4O8.2C4H6O6/c1-8-27-19-28-22-44(40(51)55-6,36-30(25-48(23-27)24-28)29-13-10-11-14-33(29)46-36)32-20-31-34(21-35(32)54-5)47(4)38-43(31)16-18-49-17-12-15-42(9-2,37(43)49)39(57-26(3)50)45(38,53)41(52)56-7;2*5-1(3(7)8)2(6)4(9)10/h10-15,19-21,28,37-39,46,53H,8-9,16-18,22-25H2,1-7H3;2*1-2,5-6H,(H,7,8)(H,9,10)/t28-,37-,38+,39+,42+,43+,44-,45-;2*1-,2-/m011/s1. The molecule has 1 aromatic heterocycles. The molecule has 9 rings (SSSR count). The maximum absolute atomic E-state index is 15.2. The maximum atomic E-state index is 15.2. The van der Waals surface area contributed by atoms with E-state index in [-0.39, 0.29) is 17.9 Å². The smallest absolute Gasteiger partial charge is 0.344 e. The van der Waals surface area contributed by atoms with Crippen molar-refractivity contribution in [1.82, 2.24) is 14.8 Å². The Morgan fingerprint density at radius 2 is 1.40 bits per heavy atom. The number of aliphatic carboxylic acids is 4. The lowest BCUT2D eigenvalue weighted by Crippen LogP contribution is -2.81. The highest BCUT2D eigenvalue weighted by Gasteiger charge is 2.80. The molecule has 0 amide bonds. The molecule has 24 heteroatoms. The van der Waals surface area contributed by atoms with E-state index in [2.05, 4.69) is 58.1 Å². The number of carbonyl (C=O) groups is 7. The number of ether oxygens (including phenoxy) is 4. The van der Waals surface area contributed by atoms with Gasteiger partial charge in [-0.05, 0) is 61.4 Å². The van der Waals surface area contributed by atoms with Crippen molar-refractivity contribution in [2.24, 2.45) is 11.3 Å². The van der Waals surface area contributed by atoms with Gasteiger partial charge in [0.25, 0.3) is 0 Å². The minimum Gasteiger partial charge on any atom is -0.496 e. The van der Waals surface area contributed by atoms with E-state index < -0.39 is 94.2 Å². The molecule has 2 fully saturated rings. The second-order valence-electron chi connectivity index (χ2n) is 20.3. The number of aromatic nitrogens is 1. The van der Waals surface area contributed by atoms with Crippen molar-refractivity contribution in [1.29, 1.82) is 0 Å². The molecule has 2 aromatic carbocycles. The fourth-order valence-electron chi connectivity index (χ4n) is 13.4. The summed E-state index contributed by atoms with van der Waals surface area (Å²) in [6, 6.07) is 11.2. The van der Waals surface area contributed by atoms with Crippen LogP contribution in [0.15, 0.2) is 60.2 Å². The van der Waals surface area contributed by atoms with Crippen LogP contribution in [0.1, 0.15) is 68.8 Å². The molecule has 3 aromatic rings. The third kappa shape index (κ3) is 9.27. The normalized spacial score (nSPS) is 29.9. The molecule has 24 nitrogen and oxygen atoms in total. The Bertz CT molecular complexity index is 2830. The van der Waals surface area contributed by atoms with Crippen LogP contribution in [0.5, 0.6) is 5.75 Å². The summed E-state index contributed by atoms with van der Waals surface area (Å²) >= 11 is 0. The van der Waals surface area contributed by atoms with Gasteiger partial charge in [-0.2, -0.15) is 0 Å². The molecule has 418 valence electrons. The van der Waals surface area contributed by atoms with Crippen LogP contribution in [0.3, 0.4) is 0 Å². The number of methoxy groups -OCH3 is 3. The van der Waals surface area contributed by atoms with Gasteiger partial charge in [0, 0.05) is 90.9 Å². The number of nitrogens with zero attached hydrogens (tertiary/aromatic N) is 3. The third-order valence-electron chi connectivity index (χ3n) is 16.4. The number of para-hydroxylation sites is 1. The van der Waals surface area contributed by atoms with Crippen molar-refractivity contribution in [3.63, 3.8) is 0 Å². The van der Waals surface area contributed by atoms with Crippen LogP contribution < -0.4 is 9.64 Å². The average molecular weight is 1080 g/mol. The summed E-state index contributed by atoms with van der Waals surface area (Å²) < 4.78 is 23.9. The highest BCUT2D eigenvalue weighted by molar-refractivity contribution is 5.95. The average Bonchev–Trinajstić information content (AvgIpc) is 4.06. The number of carboxylic acids is 4. The molecule has 77 heavy (non-hydrogen) atoms. The van der Waals surface area contributed by atoms with Gasteiger partial charge in [0.15, 0.2) is 30.5 Å². The quantitative estimate of drug-likeness (QED) is 0.0633. The summed E-state index contributed by atoms with van der Waals surface area (Å²) in [6.07, 6.45) is -1.39. The van der Waals surface area contributed by atoms with E-state index in [1.54, 1.807) is 7.11 Å². The van der Waals surface area contributed by atoms with Crippen molar-refractivity contribution >= 4 is 58.4 Å². The van der Waals surface area contributed by atoms with Crippen LogP contribution in [0, 0.1) is 11.3 Å². The number of esters is 3. The molecule has 13 atom stereocenters. The Kier molecular flexibility index (Phi) is 16.4. The Morgan fingerprint density at radius 1 is 0.805 bits per heavy atom. The van der Waals surface area contributed by atoms with Gasteiger partial charge in [-0.1, -0.05) is 55.8 Å². The van der Waals surface area contributed by atoms with Crippen molar-refractivity contribution in [2.45, 2.75) is 112 Å². The molecule has 1 saturated heterocycles. The number of aliphatic hydroxyl groups is 5. The molecular formula is C53H66N4O20. The van der Waals surface area contributed by atoms with E-state index in [1.807, 2.05) is 37.1 Å². The molecular weight excluding hydrogens is 1010 g/mol. The van der Waals surface area contributed by atoms with Gasteiger partial charge in [0.2, 0.25) is 5.60 Å². The number of carbonyl (C=O) groups excluding carboxylic acids is 3. The zero-order valence-corrected chi connectivity index (χ0v) is 43.5. The highest BCUT2D eigenvalue weighted by Crippen LogP contribution is 2.68. The minimum atomic E-state index is -2.27. The van der Waals surface area contributed by atoms with Crippen molar-refractivity contribution in [2.75, 3.05) is 59.5 Å². The largest absolute Gasteiger partial charge is 0.496 e. The predicted octanol–water partition coefficient (Wildman–Crippen LogP) is 0.508. The summed E-state index contributed by atoms with van der Waals surface area (Å²) in [6.45, 7) is 9.19. The minimum absolute atomic E-state index is 0.0284. The number of carboxylic acid groups (broad SMARTS) is 4. The summed E-state index contributed by atoms with van der Waals surface area (Å²) in [5, 5.41) is 79.4. The number of rotatable bonds is 13. The summed E-state index contributed by atoms with van der Waals surface area (Å²) in [4.78, 5) is 92.2. The zero-order chi connectivity index (χ0) is 56.9. The molecule has 1 aliphatic carbocycles. The second-order valence-corrected chi connectivity index (χ2v) is 20.3. The van der Waals surface area contributed by atoms with Gasteiger partial charge in [-0.15, -0.1) is 0 Å². The molecule has 2 bridgehead atoms. The fraction of sp³-hybridized carbons (Fsp3) is 0.528. The monoisotopic (exact) mass is 1080 g/mol. The molecule has 5 aliphatic heterocycles. The van der Waals surface area contributed by atoms with Gasteiger partial charge in [0.05, 0.1) is 27.4 Å². The number of hydrogen-bond donors (Lipinski definition) is 10. The second kappa shape index (κ2) is 21.8. The molecule has 6 aliphatic rings. The van der Waals surface area contributed by atoms with Gasteiger partial charge < -0.3 is 74.8 Å². The number of aromatic amines is 1. The van der Waals surface area contributed by atoms with Crippen molar-refractivity contribution in [3.8, 4) is 5.75 Å². The summed E-state index contributed by atoms with van der Waals surface area (Å²) in [5.74, 6) is -8.39. The Hall–Kier alpha value is -6.93. The number of hydrogen-bond acceptors (Lipinski definition) is 19. The lowest BCUT2D eigenvalue weighted by molar-refractivity contribution is -0.228. The first kappa shape index (κ1) is 57.8. The lowest BCUT2D eigenvalue weighted by Gasteiger charge is -2.63. The Balaban J connectivity index is 0.000000365. The first-order chi connectivity index (χ1) is 36.3. The van der Waals surface area contributed by atoms with E-state index in [0.717, 1.165) is 52.9 Å². The lowest BCUT2D eigenvalue weighted by atomic mass is 9.47. The summed E-state index contributed by atoms with van der Waals surface area (Å²) in [5.41, 5.74) is 1.05. The SMILES string of the molecule is CCC1=C[C@@H]2CN(C1)Cc1c([nH]c3ccccc13)[C@@](C(=O)OC)(c1cc3c(cc1OC)N(C)[C@H]1[C@@](O)(C(=O)OC)[C@H](OC(C)=O)[C@]4(CC)C=CCN5CC[C@]31[C@@H]54)C2.O=C(O)[C@H](O)[C@@H](O)C(=O)O.O=C(O)[C@H](O)[C@@H](O)C(=O)O. The maximum Gasteiger partial charge on any atom is 0.344 e. The Labute approximate surface area is 441 Å². The predicted molar refractivity (Wildman–Crippen MR) is 269 cm³/mol. The molecule has 0 radical (unpaired) electrons. The number of nitrogens with one attached hydrogen (secondary N) is 1. The van der Waals surface area contributed by atoms with Crippen LogP contribution in [0.2, 0.25) is 0 Å². The third-order valence-corrected chi connectivity index (χ3v) is 16.4. The van der Waals surface area contributed by atoms with Crippen LogP contribution in [-0.4, -0.2) is 205 Å². The number of aliphatic hydroxyl groups excluding tert-OH is 4. The van der Waals surface area contributed by atoms with Crippen LogP contribution in [-0.2, 0) is 65.1 Å². The topological polar surface area (TPSA) is 364 Å². The first-order valence-corrected chi connectivity index (χ1v) is 24.9. The number of H-pyrrole nitrogens is 1. The molecule has 1 saturated carbocycles.